The van der Waals surface area contributed by atoms with Crippen LogP contribution in [0.15, 0.2) is 48.3 Å². The van der Waals surface area contributed by atoms with E-state index in [1.165, 1.54) is 6.08 Å². The molecule has 1 aromatic rings. The van der Waals surface area contributed by atoms with Crippen molar-refractivity contribution in [1.29, 1.82) is 0 Å². The summed E-state index contributed by atoms with van der Waals surface area (Å²) in [5.41, 5.74) is 1.38. The van der Waals surface area contributed by atoms with Crippen LogP contribution < -0.4 is 5.32 Å². The number of carbonyl (C=O) groups excluding carboxylic acids is 2. The maximum absolute atomic E-state index is 13.0. The molecule has 2 amide bonds. The van der Waals surface area contributed by atoms with Crippen LogP contribution in [0.1, 0.15) is 24.8 Å². The van der Waals surface area contributed by atoms with Gasteiger partial charge in [0.1, 0.15) is 11.9 Å². The number of likely N-dealkylation sites (tertiary alicyclic amines) is 1. The normalized spacial score (nSPS) is 23.4. The number of fused-ring (bicyclic) bond motifs is 2. The van der Waals surface area contributed by atoms with Gasteiger partial charge < -0.3 is 15.0 Å². The molecule has 0 saturated carbocycles. The van der Waals surface area contributed by atoms with E-state index in [2.05, 4.69) is 5.32 Å². The Morgan fingerprint density at radius 1 is 1.31 bits per heavy atom. The predicted molar refractivity (Wildman–Crippen MR) is 95.3 cm³/mol. The summed E-state index contributed by atoms with van der Waals surface area (Å²) in [7, 11) is 0. The molecule has 1 aromatic carbocycles. The molecule has 4 rings (SSSR count). The Balaban J connectivity index is 1.36. The number of halogens is 1. The van der Waals surface area contributed by atoms with Gasteiger partial charge in [0, 0.05) is 25.2 Å². The Bertz CT molecular complexity index is 794. The first-order chi connectivity index (χ1) is 12.6. The number of ether oxygens (including phenoxy) is 1. The molecule has 26 heavy (non-hydrogen) atoms. The number of amides is 2. The lowest BCUT2D eigenvalue weighted by atomic mass is 9.73. The highest BCUT2D eigenvalue weighted by Crippen LogP contribution is 2.44. The minimum absolute atomic E-state index is 0.0281. The van der Waals surface area contributed by atoms with Gasteiger partial charge in [0.15, 0.2) is 6.61 Å². The zero-order valence-electron chi connectivity index (χ0n) is 14.4. The highest BCUT2D eigenvalue weighted by molar-refractivity contribution is 6.06. The molecule has 1 unspecified atom stereocenters. The van der Waals surface area contributed by atoms with Gasteiger partial charge in [-0.15, -0.1) is 0 Å². The Morgan fingerprint density at radius 3 is 2.81 bits per heavy atom. The zero-order chi connectivity index (χ0) is 18.1. The second-order valence-electron chi connectivity index (χ2n) is 6.97. The maximum Gasteiger partial charge on any atom is 0.260 e. The lowest BCUT2D eigenvalue weighted by Crippen LogP contribution is -2.49. The molecule has 0 radical (unpaired) electrons. The molecule has 1 N–H and O–H groups in total. The summed E-state index contributed by atoms with van der Waals surface area (Å²) in [6.45, 7) is 0.972. The molecule has 2 heterocycles. The maximum atomic E-state index is 13.0. The number of carbonyl (C=O) groups is 2. The fourth-order valence-electron chi connectivity index (χ4n) is 3.93. The van der Waals surface area contributed by atoms with Crippen LogP contribution in [-0.2, 0) is 19.7 Å². The van der Waals surface area contributed by atoms with Crippen LogP contribution in [-0.4, -0.2) is 42.6 Å². The number of alkyl halides is 1. The topological polar surface area (TPSA) is 58.6 Å². The molecule has 1 fully saturated rings. The van der Waals surface area contributed by atoms with Crippen molar-refractivity contribution in [2.24, 2.45) is 0 Å². The fourth-order valence-corrected chi connectivity index (χ4v) is 3.93. The number of nitrogens with zero attached hydrogens (tertiary/aromatic N) is 1. The van der Waals surface area contributed by atoms with Gasteiger partial charge in [0.05, 0.1) is 5.41 Å². The molecule has 1 saturated heterocycles. The summed E-state index contributed by atoms with van der Waals surface area (Å²) in [6, 6.07) is 7.77. The number of hydrogen-bond acceptors (Lipinski definition) is 3. The Kier molecular flexibility index (Phi) is 4.26. The van der Waals surface area contributed by atoms with Crippen molar-refractivity contribution in [3.8, 4) is 0 Å². The van der Waals surface area contributed by atoms with E-state index in [0.29, 0.717) is 31.7 Å². The predicted octanol–water partition coefficient (Wildman–Crippen LogP) is 2.70. The van der Waals surface area contributed by atoms with E-state index in [1.54, 1.807) is 17.1 Å². The van der Waals surface area contributed by atoms with Crippen molar-refractivity contribution in [3.05, 3.63) is 53.8 Å². The number of anilines is 1. The van der Waals surface area contributed by atoms with Crippen LogP contribution in [0.2, 0.25) is 0 Å². The molecule has 136 valence electrons. The molecule has 0 aromatic heterocycles. The van der Waals surface area contributed by atoms with E-state index in [-0.39, 0.29) is 24.8 Å². The molecular formula is C20H21FN2O3. The number of hydrogen-bond donors (Lipinski definition) is 1. The second-order valence-corrected chi connectivity index (χ2v) is 6.97. The quantitative estimate of drug-likeness (QED) is 0.906. The highest BCUT2D eigenvalue weighted by atomic mass is 19.1. The number of para-hydroxylation sites is 1. The molecule has 2 aliphatic heterocycles. The number of nitrogens with one attached hydrogen (secondary N) is 1. The zero-order valence-corrected chi connectivity index (χ0v) is 14.4. The average molecular weight is 356 g/mol. The number of allylic oxidation sites excluding steroid dienone is 3. The first kappa shape index (κ1) is 16.8. The van der Waals surface area contributed by atoms with Gasteiger partial charge in [-0.05, 0) is 42.7 Å². The molecular weight excluding hydrogens is 335 g/mol. The van der Waals surface area contributed by atoms with E-state index >= 15 is 0 Å². The van der Waals surface area contributed by atoms with Gasteiger partial charge in [-0.25, -0.2) is 4.39 Å². The molecule has 6 heteroatoms. The summed E-state index contributed by atoms with van der Waals surface area (Å²) >= 11 is 0. The van der Waals surface area contributed by atoms with Crippen LogP contribution in [0.3, 0.4) is 0 Å². The third kappa shape index (κ3) is 2.89. The number of benzene rings is 1. The summed E-state index contributed by atoms with van der Waals surface area (Å²) < 4.78 is 18.5. The van der Waals surface area contributed by atoms with Gasteiger partial charge in [-0.3, -0.25) is 9.59 Å². The van der Waals surface area contributed by atoms with Gasteiger partial charge in [-0.2, -0.15) is 0 Å². The van der Waals surface area contributed by atoms with Crippen LogP contribution in [0.25, 0.3) is 0 Å². The first-order valence-electron chi connectivity index (χ1n) is 8.92. The smallest absolute Gasteiger partial charge is 0.260 e. The van der Waals surface area contributed by atoms with E-state index in [9.17, 15) is 14.0 Å². The Morgan fingerprint density at radius 2 is 2.08 bits per heavy atom. The fraction of sp³-hybridized carbons (Fsp3) is 0.400. The Labute approximate surface area is 151 Å². The van der Waals surface area contributed by atoms with Crippen LogP contribution in [0.4, 0.5) is 10.1 Å². The molecule has 5 nitrogen and oxygen atoms in total. The molecule has 3 aliphatic rings. The third-order valence-electron chi connectivity index (χ3n) is 5.47. The van der Waals surface area contributed by atoms with Crippen LogP contribution >= 0.6 is 0 Å². The summed E-state index contributed by atoms with van der Waals surface area (Å²) in [6.07, 6.45) is 5.16. The second kappa shape index (κ2) is 6.59. The molecule has 1 spiro atoms. The average Bonchev–Trinajstić information content (AvgIpc) is 2.93. The molecule has 1 atom stereocenters. The van der Waals surface area contributed by atoms with Gasteiger partial charge in [0.25, 0.3) is 5.91 Å². The SMILES string of the molecule is O=C(COC1=CCC(F)C=C1)N1CCC2(CC1)C(=O)Nc1ccccc12. The monoisotopic (exact) mass is 356 g/mol. The summed E-state index contributed by atoms with van der Waals surface area (Å²) in [5, 5.41) is 2.96. The number of rotatable bonds is 3. The lowest BCUT2D eigenvalue weighted by Gasteiger charge is -2.38. The molecule has 0 bridgehead atoms. The van der Waals surface area contributed by atoms with Crippen molar-refractivity contribution in [1.82, 2.24) is 4.90 Å². The van der Waals surface area contributed by atoms with Crippen molar-refractivity contribution in [3.63, 3.8) is 0 Å². The summed E-state index contributed by atoms with van der Waals surface area (Å²) in [5.74, 6) is 0.452. The standard InChI is InChI=1S/C20H21FN2O3/c21-14-5-7-15(8-6-14)26-13-18(24)23-11-9-20(10-12-23)16-3-1-2-4-17(16)22-19(20)25/h1-5,7-8,14H,6,9-13H2,(H,22,25). The minimum atomic E-state index is -0.975. The van der Waals surface area contributed by atoms with E-state index in [0.717, 1.165) is 11.3 Å². The van der Waals surface area contributed by atoms with E-state index in [1.807, 2.05) is 24.3 Å². The van der Waals surface area contributed by atoms with Gasteiger partial charge in [-0.1, -0.05) is 18.2 Å². The van der Waals surface area contributed by atoms with Crippen molar-refractivity contribution in [2.45, 2.75) is 30.8 Å². The minimum Gasteiger partial charge on any atom is -0.484 e. The summed E-state index contributed by atoms with van der Waals surface area (Å²) in [4.78, 5) is 26.7. The largest absolute Gasteiger partial charge is 0.484 e. The highest BCUT2D eigenvalue weighted by Gasteiger charge is 2.48. The van der Waals surface area contributed by atoms with Crippen molar-refractivity contribution in [2.75, 3.05) is 25.0 Å². The van der Waals surface area contributed by atoms with Crippen molar-refractivity contribution < 1.29 is 18.7 Å². The van der Waals surface area contributed by atoms with Gasteiger partial charge in [0.2, 0.25) is 5.91 Å². The van der Waals surface area contributed by atoms with Crippen molar-refractivity contribution >= 4 is 17.5 Å². The van der Waals surface area contributed by atoms with Crippen LogP contribution in [0, 0.1) is 0 Å². The molecule has 1 aliphatic carbocycles. The first-order valence-corrected chi connectivity index (χ1v) is 8.92. The van der Waals surface area contributed by atoms with E-state index < -0.39 is 11.6 Å². The van der Waals surface area contributed by atoms with Gasteiger partial charge >= 0.3 is 0 Å². The van der Waals surface area contributed by atoms with E-state index in [4.69, 9.17) is 4.74 Å². The lowest BCUT2D eigenvalue weighted by molar-refractivity contribution is -0.138. The Hall–Kier alpha value is -2.63. The number of piperidine rings is 1. The van der Waals surface area contributed by atoms with Crippen LogP contribution in [0.5, 0.6) is 0 Å². The third-order valence-corrected chi connectivity index (χ3v) is 5.47.